The Hall–Kier alpha value is -0.750. The van der Waals surface area contributed by atoms with Gasteiger partial charge in [0.2, 0.25) is 0 Å². The average Bonchev–Trinajstić information content (AvgIpc) is 2.15. The van der Waals surface area contributed by atoms with Gasteiger partial charge in [0, 0.05) is 13.7 Å². The van der Waals surface area contributed by atoms with Crippen molar-refractivity contribution in [2.45, 2.75) is 38.9 Å². The van der Waals surface area contributed by atoms with E-state index >= 15 is 0 Å². The van der Waals surface area contributed by atoms with E-state index in [1.165, 1.54) is 14.0 Å². The van der Waals surface area contributed by atoms with Crippen LogP contribution in [-0.2, 0) is 9.53 Å². The molecule has 0 aromatic carbocycles. The number of piperidine rings is 1. The molecule has 1 N–H and O–H groups in total. The van der Waals surface area contributed by atoms with Crippen molar-refractivity contribution in [3.05, 3.63) is 0 Å². The summed E-state index contributed by atoms with van der Waals surface area (Å²) in [5.74, 6) is -3.71. The highest BCUT2D eigenvalue weighted by Gasteiger charge is 2.46. The van der Waals surface area contributed by atoms with E-state index < -0.39 is 30.6 Å². The fourth-order valence-electron chi connectivity index (χ4n) is 1.66. The third kappa shape index (κ3) is 3.12. The van der Waals surface area contributed by atoms with Gasteiger partial charge in [0.25, 0.3) is 11.8 Å². The maximum atomic E-state index is 13.3. The molecule has 16 heavy (non-hydrogen) atoms. The number of alkyl halides is 2. The lowest BCUT2D eigenvalue weighted by Crippen LogP contribution is -2.55. The number of aliphatic hydroxyl groups excluding tert-OH is 1. The minimum absolute atomic E-state index is 0. The number of rotatable bonds is 2. The third-order valence-corrected chi connectivity index (χ3v) is 2.49. The van der Waals surface area contributed by atoms with E-state index in [0.29, 0.717) is 0 Å². The number of amides is 1. The van der Waals surface area contributed by atoms with Gasteiger partial charge < -0.3 is 14.7 Å². The number of likely N-dealkylation sites (tertiary alicyclic amines) is 1. The van der Waals surface area contributed by atoms with Crippen molar-refractivity contribution in [3.8, 4) is 0 Å². The van der Waals surface area contributed by atoms with Gasteiger partial charge in [0.1, 0.15) is 12.2 Å². The van der Waals surface area contributed by atoms with Crippen LogP contribution < -0.4 is 0 Å². The van der Waals surface area contributed by atoms with E-state index in [2.05, 4.69) is 4.74 Å². The number of aliphatic hydroxyl groups is 1. The number of carbonyl (C=O) groups is 1. The van der Waals surface area contributed by atoms with E-state index in [9.17, 15) is 13.6 Å². The molecule has 1 saturated heterocycles. The molecule has 4 nitrogen and oxygen atoms in total. The number of hydrogen-bond acceptors (Lipinski definition) is 3. The van der Waals surface area contributed by atoms with E-state index in [-0.39, 0.29) is 20.4 Å². The zero-order valence-corrected chi connectivity index (χ0v) is 8.74. The molecule has 1 fully saturated rings. The van der Waals surface area contributed by atoms with E-state index in [0.717, 1.165) is 4.90 Å². The highest BCUT2D eigenvalue weighted by molar-refractivity contribution is 5.80. The van der Waals surface area contributed by atoms with Gasteiger partial charge in [-0.05, 0) is 13.3 Å². The second-order valence-electron chi connectivity index (χ2n) is 3.71. The van der Waals surface area contributed by atoms with E-state index in [1.54, 1.807) is 0 Å². The smallest absolute Gasteiger partial charge is 0.290 e. The quantitative estimate of drug-likeness (QED) is 0.778. The Morgan fingerprint density at radius 1 is 1.62 bits per heavy atom. The number of carbonyl (C=O) groups excluding carboxylic acids is 1. The molecule has 1 amide bonds. The number of halogens is 2. The van der Waals surface area contributed by atoms with Crippen molar-refractivity contribution < 1.29 is 23.4 Å². The molecule has 0 bridgehead atoms. The van der Waals surface area contributed by atoms with Gasteiger partial charge in [-0.1, -0.05) is 7.43 Å². The zero-order valence-electron chi connectivity index (χ0n) is 8.74. The summed E-state index contributed by atoms with van der Waals surface area (Å²) in [4.78, 5) is 12.3. The number of hydrogen-bond donors (Lipinski definition) is 1. The first-order valence-electron chi connectivity index (χ1n) is 4.76. The summed E-state index contributed by atoms with van der Waals surface area (Å²) in [7, 11) is 1.23. The molecular weight excluding hydrogens is 220 g/mol. The molecule has 96 valence electrons. The maximum Gasteiger partial charge on any atom is 0.290 e. The summed E-state index contributed by atoms with van der Waals surface area (Å²) in [5.41, 5.74) is 0. The van der Waals surface area contributed by atoms with Crippen LogP contribution in [0.3, 0.4) is 0 Å². The number of ether oxygens (including phenoxy) is 1. The van der Waals surface area contributed by atoms with Crippen LogP contribution in [0.2, 0.25) is 0 Å². The first-order chi connectivity index (χ1) is 6.88. The summed E-state index contributed by atoms with van der Waals surface area (Å²) in [6, 6.07) is 0. The fraction of sp³-hybridized carbons (Fsp3) is 0.900. The van der Waals surface area contributed by atoms with E-state index in [4.69, 9.17) is 5.11 Å². The molecule has 0 aromatic heterocycles. The molecule has 2 unspecified atom stereocenters. The van der Waals surface area contributed by atoms with Crippen molar-refractivity contribution in [1.82, 2.24) is 4.90 Å². The SMILES string of the molecule is C.COC1CCN(C(=O)C(C)O)CC1(F)F. The summed E-state index contributed by atoms with van der Waals surface area (Å²) in [6.45, 7) is 0.774. The van der Waals surface area contributed by atoms with Crippen LogP contribution in [0.25, 0.3) is 0 Å². The molecular formula is C10H19F2NO3. The molecule has 1 rings (SSSR count). The predicted molar refractivity (Wildman–Crippen MR) is 55.4 cm³/mol. The Bertz CT molecular complexity index is 246. The Morgan fingerprint density at radius 3 is 2.56 bits per heavy atom. The van der Waals surface area contributed by atoms with Crippen molar-refractivity contribution in [2.24, 2.45) is 0 Å². The third-order valence-electron chi connectivity index (χ3n) is 2.49. The normalized spacial score (nSPS) is 25.8. The van der Waals surface area contributed by atoms with Gasteiger partial charge in [0.05, 0.1) is 6.54 Å². The number of methoxy groups -OCH3 is 1. The van der Waals surface area contributed by atoms with Gasteiger partial charge in [-0.25, -0.2) is 8.78 Å². The molecule has 1 aliphatic heterocycles. The Morgan fingerprint density at radius 2 is 2.19 bits per heavy atom. The molecule has 2 atom stereocenters. The van der Waals surface area contributed by atoms with Crippen molar-refractivity contribution in [1.29, 1.82) is 0 Å². The van der Waals surface area contributed by atoms with Gasteiger partial charge >= 0.3 is 0 Å². The topological polar surface area (TPSA) is 49.8 Å². The monoisotopic (exact) mass is 239 g/mol. The molecule has 0 spiro atoms. The second-order valence-corrected chi connectivity index (χ2v) is 3.71. The highest BCUT2D eigenvalue weighted by atomic mass is 19.3. The maximum absolute atomic E-state index is 13.3. The molecule has 0 radical (unpaired) electrons. The van der Waals surface area contributed by atoms with Gasteiger partial charge in [0.15, 0.2) is 0 Å². The zero-order chi connectivity index (χ0) is 11.6. The van der Waals surface area contributed by atoms with Crippen molar-refractivity contribution >= 4 is 5.91 Å². The van der Waals surface area contributed by atoms with Crippen molar-refractivity contribution in [3.63, 3.8) is 0 Å². The van der Waals surface area contributed by atoms with Crippen LogP contribution in [0, 0.1) is 0 Å². The first-order valence-corrected chi connectivity index (χ1v) is 4.76. The van der Waals surface area contributed by atoms with Crippen molar-refractivity contribution in [2.75, 3.05) is 20.2 Å². The van der Waals surface area contributed by atoms with Gasteiger partial charge in [-0.2, -0.15) is 0 Å². The van der Waals surface area contributed by atoms with Gasteiger partial charge in [-0.3, -0.25) is 4.79 Å². The molecule has 6 heteroatoms. The lowest BCUT2D eigenvalue weighted by atomic mass is 10.0. The molecule has 0 aromatic rings. The highest BCUT2D eigenvalue weighted by Crippen LogP contribution is 2.29. The van der Waals surface area contributed by atoms with E-state index in [1.807, 2.05) is 0 Å². The minimum atomic E-state index is -3.04. The standard InChI is InChI=1S/C9H15F2NO3.CH4/c1-6(13)8(14)12-4-3-7(15-2)9(10,11)5-12;/h6-7,13H,3-5H2,1-2H3;1H4. The predicted octanol–water partition coefficient (Wildman–Crippen LogP) is 0.886. The molecule has 1 heterocycles. The first kappa shape index (κ1) is 15.2. The lowest BCUT2D eigenvalue weighted by Gasteiger charge is -2.37. The Balaban J connectivity index is 0.00000225. The fourth-order valence-corrected chi connectivity index (χ4v) is 1.66. The van der Waals surface area contributed by atoms with Crippen LogP contribution >= 0.6 is 0 Å². The number of nitrogens with zero attached hydrogens (tertiary/aromatic N) is 1. The van der Waals surface area contributed by atoms with Crippen LogP contribution in [0.4, 0.5) is 8.78 Å². The van der Waals surface area contributed by atoms with Crippen LogP contribution in [0.5, 0.6) is 0 Å². The largest absolute Gasteiger partial charge is 0.384 e. The second kappa shape index (κ2) is 5.54. The lowest BCUT2D eigenvalue weighted by molar-refractivity contribution is -0.176. The average molecular weight is 239 g/mol. The minimum Gasteiger partial charge on any atom is -0.384 e. The Kier molecular flexibility index (Phi) is 5.28. The summed E-state index contributed by atoms with van der Waals surface area (Å²) in [5, 5.41) is 9.00. The molecule has 1 aliphatic rings. The van der Waals surface area contributed by atoms with Crippen LogP contribution in [0.15, 0.2) is 0 Å². The van der Waals surface area contributed by atoms with Crippen LogP contribution in [-0.4, -0.2) is 54.2 Å². The Labute approximate surface area is 94.2 Å². The summed E-state index contributed by atoms with van der Waals surface area (Å²) >= 11 is 0. The summed E-state index contributed by atoms with van der Waals surface area (Å²) < 4.78 is 31.3. The van der Waals surface area contributed by atoms with Gasteiger partial charge in [-0.15, -0.1) is 0 Å². The van der Waals surface area contributed by atoms with Crippen LogP contribution in [0.1, 0.15) is 20.8 Å². The molecule has 0 aliphatic carbocycles. The summed E-state index contributed by atoms with van der Waals surface area (Å²) in [6.07, 6.45) is -2.29. The molecule has 0 saturated carbocycles.